The number of nitro benzene ring substituents is 1. The van der Waals surface area contributed by atoms with E-state index >= 15 is 0 Å². The first-order valence-electron chi connectivity index (χ1n) is 8.19. The van der Waals surface area contributed by atoms with Crippen LogP contribution in [-0.2, 0) is 4.79 Å². The van der Waals surface area contributed by atoms with Crippen LogP contribution in [0.25, 0.3) is 0 Å². The van der Waals surface area contributed by atoms with Gasteiger partial charge in [0.1, 0.15) is 0 Å². The third kappa shape index (κ3) is 4.46. The summed E-state index contributed by atoms with van der Waals surface area (Å²) < 4.78 is 0. The lowest BCUT2D eigenvalue weighted by atomic mass is 10.1. The molecule has 1 aromatic rings. The van der Waals surface area contributed by atoms with Gasteiger partial charge in [0.05, 0.1) is 22.1 Å². The average Bonchev–Trinajstić information content (AvgIpc) is 3.39. The van der Waals surface area contributed by atoms with E-state index in [1.165, 1.54) is 18.2 Å². The Morgan fingerprint density at radius 1 is 1.24 bits per heavy atom. The molecule has 1 aromatic carbocycles. The topological polar surface area (TPSA) is 95.8 Å². The summed E-state index contributed by atoms with van der Waals surface area (Å²) in [6.07, 6.45) is 2.11. The molecule has 8 nitrogen and oxygen atoms in total. The van der Waals surface area contributed by atoms with E-state index in [-0.39, 0.29) is 28.1 Å². The van der Waals surface area contributed by atoms with Gasteiger partial charge in [-0.15, -0.1) is 0 Å². The zero-order chi connectivity index (χ0) is 18.0. The highest BCUT2D eigenvalue weighted by molar-refractivity contribution is 6.33. The van der Waals surface area contributed by atoms with Crippen LogP contribution in [0.4, 0.5) is 5.69 Å². The summed E-state index contributed by atoms with van der Waals surface area (Å²) in [4.78, 5) is 38.4. The van der Waals surface area contributed by atoms with Crippen molar-refractivity contribution >= 4 is 29.1 Å². The fourth-order valence-electron chi connectivity index (χ4n) is 2.77. The van der Waals surface area contributed by atoms with Crippen molar-refractivity contribution in [2.75, 3.05) is 32.7 Å². The van der Waals surface area contributed by atoms with Crippen LogP contribution in [0.5, 0.6) is 0 Å². The average molecular weight is 367 g/mol. The lowest BCUT2D eigenvalue weighted by Gasteiger charge is -2.34. The number of nitrogens with zero attached hydrogens (tertiary/aromatic N) is 3. The third-order valence-corrected chi connectivity index (χ3v) is 4.69. The summed E-state index contributed by atoms with van der Waals surface area (Å²) in [7, 11) is 0. The predicted octanol–water partition coefficient (Wildman–Crippen LogP) is 1.28. The van der Waals surface area contributed by atoms with Crippen LogP contribution in [0, 0.1) is 10.1 Å². The molecule has 9 heteroatoms. The zero-order valence-corrected chi connectivity index (χ0v) is 14.4. The van der Waals surface area contributed by atoms with Gasteiger partial charge in [0.15, 0.2) is 0 Å². The molecule has 0 unspecified atom stereocenters. The summed E-state index contributed by atoms with van der Waals surface area (Å²) in [6, 6.07) is 4.19. The van der Waals surface area contributed by atoms with Gasteiger partial charge in [0.2, 0.25) is 5.91 Å². The van der Waals surface area contributed by atoms with Gasteiger partial charge in [-0.2, -0.15) is 0 Å². The Morgan fingerprint density at radius 2 is 1.92 bits per heavy atom. The minimum absolute atomic E-state index is 0.0176. The minimum atomic E-state index is -0.552. The lowest BCUT2D eigenvalue weighted by molar-refractivity contribution is -0.384. The summed E-state index contributed by atoms with van der Waals surface area (Å²) in [5, 5.41) is 14.0. The molecule has 0 atom stereocenters. The van der Waals surface area contributed by atoms with Crippen molar-refractivity contribution in [3.05, 3.63) is 38.9 Å². The van der Waals surface area contributed by atoms with Gasteiger partial charge in [-0.1, -0.05) is 11.6 Å². The minimum Gasteiger partial charge on any atom is -0.352 e. The quantitative estimate of drug-likeness (QED) is 0.625. The molecule has 134 valence electrons. The van der Waals surface area contributed by atoms with Crippen LogP contribution in [-0.4, -0.2) is 65.3 Å². The van der Waals surface area contributed by atoms with E-state index in [9.17, 15) is 19.7 Å². The second-order valence-corrected chi connectivity index (χ2v) is 6.74. The first-order valence-corrected chi connectivity index (χ1v) is 8.57. The lowest BCUT2D eigenvalue weighted by Crippen LogP contribution is -2.51. The molecule has 1 heterocycles. The SMILES string of the molecule is O=C(CN1CCN(C(=O)c2cc([N+](=O)[O-])ccc2Cl)CC1)NC1CC1. The molecule has 0 aromatic heterocycles. The number of nitro groups is 1. The normalized spacial score (nSPS) is 18.0. The number of rotatable bonds is 5. The standard InChI is InChI=1S/C16H19ClN4O4/c17-14-4-3-12(21(24)25)9-13(14)16(23)20-7-5-19(6-8-20)10-15(22)18-11-1-2-11/h3-4,9,11H,1-2,5-8,10H2,(H,18,22). The number of carbonyl (C=O) groups excluding carboxylic acids is 2. The molecule has 1 saturated carbocycles. The molecule has 3 rings (SSSR count). The van der Waals surface area contributed by atoms with Crippen molar-refractivity contribution in [3.63, 3.8) is 0 Å². The van der Waals surface area contributed by atoms with E-state index < -0.39 is 4.92 Å². The monoisotopic (exact) mass is 366 g/mol. The van der Waals surface area contributed by atoms with E-state index in [2.05, 4.69) is 5.32 Å². The number of piperazine rings is 1. The van der Waals surface area contributed by atoms with Crippen molar-refractivity contribution in [1.29, 1.82) is 0 Å². The molecule has 2 fully saturated rings. The summed E-state index contributed by atoms with van der Waals surface area (Å²) in [5.41, 5.74) is -0.0288. The van der Waals surface area contributed by atoms with Gasteiger partial charge in [0.25, 0.3) is 11.6 Å². The highest BCUT2D eigenvalue weighted by Gasteiger charge is 2.27. The van der Waals surface area contributed by atoms with Crippen LogP contribution in [0.15, 0.2) is 18.2 Å². The van der Waals surface area contributed by atoms with Crippen molar-refractivity contribution < 1.29 is 14.5 Å². The molecule has 1 aliphatic carbocycles. The van der Waals surface area contributed by atoms with Gasteiger partial charge in [-0.25, -0.2) is 0 Å². The zero-order valence-electron chi connectivity index (χ0n) is 13.6. The first-order chi connectivity index (χ1) is 11.9. The van der Waals surface area contributed by atoms with Crippen molar-refractivity contribution in [3.8, 4) is 0 Å². The van der Waals surface area contributed by atoms with Gasteiger partial charge in [-0.3, -0.25) is 24.6 Å². The highest BCUT2D eigenvalue weighted by Crippen LogP contribution is 2.24. The van der Waals surface area contributed by atoms with E-state index in [4.69, 9.17) is 11.6 Å². The molecule has 0 bridgehead atoms. The molecular formula is C16H19ClN4O4. The summed E-state index contributed by atoms with van der Waals surface area (Å²) in [5.74, 6) is -0.306. The van der Waals surface area contributed by atoms with E-state index in [1.807, 2.05) is 4.90 Å². The van der Waals surface area contributed by atoms with Crippen LogP contribution in [0.1, 0.15) is 23.2 Å². The third-order valence-electron chi connectivity index (χ3n) is 4.36. The van der Waals surface area contributed by atoms with Crippen LogP contribution in [0.2, 0.25) is 5.02 Å². The highest BCUT2D eigenvalue weighted by atomic mass is 35.5. The fourth-order valence-corrected chi connectivity index (χ4v) is 2.97. The van der Waals surface area contributed by atoms with E-state index in [0.29, 0.717) is 38.8 Å². The van der Waals surface area contributed by atoms with Gasteiger partial charge < -0.3 is 10.2 Å². The predicted molar refractivity (Wildman–Crippen MR) is 91.6 cm³/mol. The summed E-state index contributed by atoms with van der Waals surface area (Å²) >= 11 is 6.03. The number of halogens is 1. The second-order valence-electron chi connectivity index (χ2n) is 6.33. The Hall–Kier alpha value is -2.19. The first kappa shape index (κ1) is 17.6. The number of hydrogen-bond donors (Lipinski definition) is 1. The van der Waals surface area contributed by atoms with Crippen LogP contribution in [0.3, 0.4) is 0 Å². The van der Waals surface area contributed by atoms with Crippen LogP contribution >= 0.6 is 11.6 Å². The number of nitrogens with one attached hydrogen (secondary N) is 1. The van der Waals surface area contributed by atoms with Gasteiger partial charge >= 0.3 is 0 Å². The number of non-ortho nitro benzene ring substituents is 1. The number of carbonyl (C=O) groups is 2. The summed E-state index contributed by atoms with van der Waals surface area (Å²) in [6.45, 7) is 2.39. The van der Waals surface area contributed by atoms with Crippen molar-refractivity contribution in [2.24, 2.45) is 0 Å². The van der Waals surface area contributed by atoms with Gasteiger partial charge in [0, 0.05) is 44.4 Å². The molecule has 1 saturated heterocycles. The molecule has 25 heavy (non-hydrogen) atoms. The molecule has 1 aliphatic heterocycles. The van der Waals surface area contributed by atoms with Crippen molar-refractivity contribution in [1.82, 2.24) is 15.1 Å². The Bertz CT molecular complexity index is 699. The van der Waals surface area contributed by atoms with E-state index in [1.54, 1.807) is 4.90 Å². The molecular weight excluding hydrogens is 348 g/mol. The Morgan fingerprint density at radius 3 is 2.52 bits per heavy atom. The molecule has 0 spiro atoms. The second kappa shape index (κ2) is 7.37. The molecule has 1 N–H and O–H groups in total. The Kier molecular flexibility index (Phi) is 5.19. The van der Waals surface area contributed by atoms with Gasteiger partial charge in [-0.05, 0) is 18.9 Å². The number of benzene rings is 1. The van der Waals surface area contributed by atoms with E-state index in [0.717, 1.165) is 12.8 Å². The molecule has 2 amide bonds. The largest absolute Gasteiger partial charge is 0.352 e. The maximum absolute atomic E-state index is 12.6. The number of amides is 2. The Balaban J connectivity index is 1.57. The van der Waals surface area contributed by atoms with Crippen LogP contribution < -0.4 is 5.32 Å². The molecule has 2 aliphatic rings. The smallest absolute Gasteiger partial charge is 0.270 e. The maximum atomic E-state index is 12.6. The maximum Gasteiger partial charge on any atom is 0.270 e. The van der Waals surface area contributed by atoms with Crippen molar-refractivity contribution in [2.45, 2.75) is 18.9 Å². The molecule has 0 radical (unpaired) electrons. The fraction of sp³-hybridized carbons (Fsp3) is 0.500. The Labute approximate surface area is 149 Å². The number of hydrogen-bond acceptors (Lipinski definition) is 5.